The molecule has 3 N–H and O–H groups in total. The molecule has 0 fully saturated rings. The molecule has 1 heterocycles. The Morgan fingerprint density at radius 3 is 2.60 bits per heavy atom. The number of nitrogens with one attached hydrogen (secondary N) is 2. The van der Waals surface area contributed by atoms with Crippen LogP contribution in [0.25, 0.3) is 0 Å². The van der Waals surface area contributed by atoms with E-state index in [4.69, 9.17) is 5.11 Å². The number of rotatable bonds is 4. The summed E-state index contributed by atoms with van der Waals surface area (Å²) >= 11 is 0. The van der Waals surface area contributed by atoms with E-state index in [0.717, 1.165) is 0 Å². The Bertz CT molecular complexity index is 347. The van der Waals surface area contributed by atoms with Gasteiger partial charge in [-0.2, -0.15) is 5.10 Å². The number of aromatic nitrogens is 3. The highest BCUT2D eigenvalue weighted by Gasteiger charge is 2.24. The van der Waals surface area contributed by atoms with Gasteiger partial charge in [0.15, 0.2) is 0 Å². The second-order valence-electron chi connectivity index (χ2n) is 3.37. The average molecular weight is 212 g/mol. The Balaban J connectivity index is 2.67. The van der Waals surface area contributed by atoms with Gasteiger partial charge in [0.05, 0.1) is 0 Å². The van der Waals surface area contributed by atoms with Gasteiger partial charge in [0.25, 0.3) is 5.91 Å². The number of amides is 1. The Kier molecular flexibility index (Phi) is 3.37. The van der Waals surface area contributed by atoms with Crippen LogP contribution in [0.3, 0.4) is 0 Å². The third kappa shape index (κ3) is 2.76. The van der Waals surface area contributed by atoms with Crippen LogP contribution in [0.4, 0.5) is 0 Å². The molecule has 0 saturated carbocycles. The maximum Gasteiger partial charge on any atom is 0.326 e. The fraction of sp³-hybridized carbons (Fsp3) is 0.500. The summed E-state index contributed by atoms with van der Waals surface area (Å²) in [5.41, 5.74) is 0. The van der Waals surface area contributed by atoms with Crippen molar-refractivity contribution in [1.29, 1.82) is 0 Å². The predicted octanol–water partition coefficient (Wildman–Crippen LogP) is -0.356. The van der Waals surface area contributed by atoms with E-state index in [1.54, 1.807) is 13.8 Å². The van der Waals surface area contributed by atoms with Crippen LogP contribution >= 0.6 is 0 Å². The van der Waals surface area contributed by atoms with Crippen LogP contribution in [-0.4, -0.2) is 38.2 Å². The second-order valence-corrected chi connectivity index (χ2v) is 3.37. The largest absolute Gasteiger partial charge is 0.480 e. The van der Waals surface area contributed by atoms with E-state index in [0.29, 0.717) is 0 Å². The second kappa shape index (κ2) is 4.54. The number of carboxylic acid groups (broad SMARTS) is 1. The molecule has 0 aliphatic heterocycles. The molecule has 7 heteroatoms. The van der Waals surface area contributed by atoms with Crippen LogP contribution in [-0.2, 0) is 4.79 Å². The van der Waals surface area contributed by atoms with Crippen LogP contribution in [0, 0.1) is 5.92 Å². The monoisotopic (exact) mass is 212 g/mol. The molecule has 1 unspecified atom stereocenters. The number of aliphatic carboxylic acids is 1. The van der Waals surface area contributed by atoms with Crippen molar-refractivity contribution in [1.82, 2.24) is 20.5 Å². The van der Waals surface area contributed by atoms with Gasteiger partial charge in [-0.3, -0.25) is 9.89 Å². The molecule has 1 aromatic heterocycles. The first kappa shape index (κ1) is 11.2. The number of carboxylic acids is 1. The van der Waals surface area contributed by atoms with Crippen molar-refractivity contribution < 1.29 is 14.7 Å². The predicted molar refractivity (Wildman–Crippen MR) is 50.1 cm³/mol. The Morgan fingerprint density at radius 1 is 1.53 bits per heavy atom. The van der Waals surface area contributed by atoms with Gasteiger partial charge >= 0.3 is 5.97 Å². The van der Waals surface area contributed by atoms with Crippen LogP contribution in [0.5, 0.6) is 0 Å². The molecular weight excluding hydrogens is 200 g/mol. The van der Waals surface area contributed by atoms with Gasteiger partial charge in [-0.15, -0.1) is 0 Å². The molecule has 1 aromatic rings. The van der Waals surface area contributed by atoms with Gasteiger partial charge in [0.1, 0.15) is 12.4 Å². The van der Waals surface area contributed by atoms with Crippen molar-refractivity contribution in [2.45, 2.75) is 19.9 Å². The summed E-state index contributed by atoms with van der Waals surface area (Å²) in [5.74, 6) is -1.84. The molecule has 15 heavy (non-hydrogen) atoms. The summed E-state index contributed by atoms with van der Waals surface area (Å²) in [4.78, 5) is 25.8. The quantitative estimate of drug-likeness (QED) is 0.631. The van der Waals surface area contributed by atoms with Crippen molar-refractivity contribution in [2.24, 2.45) is 5.92 Å². The summed E-state index contributed by atoms with van der Waals surface area (Å²) in [5, 5.41) is 17.0. The minimum Gasteiger partial charge on any atom is -0.480 e. The molecule has 7 nitrogen and oxygen atoms in total. The summed E-state index contributed by atoms with van der Waals surface area (Å²) in [7, 11) is 0. The molecule has 0 radical (unpaired) electrons. The Hall–Kier alpha value is -1.92. The zero-order chi connectivity index (χ0) is 11.4. The molecule has 0 bridgehead atoms. The van der Waals surface area contributed by atoms with E-state index in [2.05, 4.69) is 20.5 Å². The lowest BCUT2D eigenvalue weighted by Gasteiger charge is -2.16. The minimum absolute atomic E-state index is 0.00176. The van der Waals surface area contributed by atoms with E-state index in [1.807, 2.05) is 0 Å². The lowest BCUT2D eigenvalue weighted by atomic mass is 10.1. The maximum atomic E-state index is 11.4. The number of hydrogen-bond acceptors (Lipinski definition) is 4. The van der Waals surface area contributed by atoms with Crippen molar-refractivity contribution in [3.63, 3.8) is 0 Å². The van der Waals surface area contributed by atoms with Crippen LogP contribution < -0.4 is 5.32 Å². The normalized spacial score (nSPS) is 12.5. The van der Waals surface area contributed by atoms with Gasteiger partial charge in [0.2, 0.25) is 5.82 Å². The van der Waals surface area contributed by atoms with Crippen LogP contribution in [0.15, 0.2) is 6.33 Å². The van der Waals surface area contributed by atoms with E-state index in [-0.39, 0.29) is 11.7 Å². The number of H-pyrrole nitrogens is 1. The zero-order valence-corrected chi connectivity index (χ0v) is 8.39. The number of hydrogen-bond donors (Lipinski definition) is 3. The Labute approximate surface area is 85.9 Å². The van der Waals surface area contributed by atoms with Gasteiger partial charge in [0, 0.05) is 0 Å². The standard InChI is InChI=1S/C8H12N4O3/c1-4(2)5(8(14)15)11-7(13)6-9-3-10-12-6/h3-5H,1-2H3,(H,11,13)(H,14,15)(H,9,10,12). The summed E-state index contributed by atoms with van der Waals surface area (Å²) < 4.78 is 0. The maximum absolute atomic E-state index is 11.4. The van der Waals surface area contributed by atoms with E-state index < -0.39 is 17.9 Å². The van der Waals surface area contributed by atoms with Crippen molar-refractivity contribution >= 4 is 11.9 Å². The smallest absolute Gasteiger partial charge is 0.326 e. The zero-order valence-electron chi connectivity index (χ0n) is 8.39. The third-order valence-electron chi connectivity index (χ3n) is 1.85. The van der Waals surface area contributed by atoms with Crippen molar-refractivity contribution in [3.05, 3.63) is 12.2 Å². The van der Waals surface area contributed by atoms with E-state index in [9.17, 15) is 9.59 Å². The molecule has 1 amide bonds. The molecule has 0 spiro atoms. The lowest BCUT2D eigenvalue weighted by molar-refractivity contribution is -0.140. The van der Waals surface area contributed by atoms with Gasteiger partial charge in [-0.05, 0) is 5.92 Å². The highest BCUT2D eigenvalue weighted by Crippen LogP contribution is 2.02. The highest BCUT2D eigenvalue weighted by molar-refractivity contribution is 5.93. The molecule has 0 aromatic carbocycles. The van der Waals surface area contributed by atoms with Gasteiger partial charge in [-0.1, -0.05) is 13.8 Å². The van der Waals surface area contributed by atoms with Gasteiger partial charge in [-0.25, -0.2) is 9.78 Å². The molecular formula is C8H12N4O3. The van der Waals surface area contributed by atoms with Gasteiger partial charge < -0.3 is 10.4 Å². The summed E-state index contributed by atoms with van der Waals surface area (Å²) in [6.07, 6.45) is 1.18. The SMILES string of the molecule is CC(C)C(NC(=O)c1ncn[nH]1)C(=O)O. The molecule has 0 aliphatic rings. The highest BCUT2D eigenvalue weighted by atomic mass is 16.4. The first-order valence-corrected chi connectivity index (χ1v) is 4.41. The fourth-order valence-electron chi connectivity index (χ4n) is 1.04. The molecule has 0 saturated heterocycles. The number of carbonyl (C=O) groups excluding carboxylic acids is 1. The first-order valence-electron chi connectivity index (χ1n) is 4.41. The third-order valence-corrected chi connectivity index (χ3v) is 1.85. The summed E-state index contributed by atoms with van der Waals surface area (Å²) in [6, 6.07) is -0.928. The van der Waals surface area contributed by atoms with E-state index in [1.165, 1.54) is 6.33 Å². The Morgan fingerprint density at radius 2 is 2.20 bits per heavy atom. The summed E-state index contributed by atoms with van der Waals surface area (Å²) in [6.45, 7) is 3.42. The number of nitrogens with zero attached hydrogens (tertiary/aromatic N) is 2. The first-order chi connectivity index (χ1) is 7.02. The number of carbonyl (C=O) groups is 2. The van der Waals surface area contributed by atoms with E-state index >= 15 is 0 Å². The molecule has 0 aliphatic carbocycles. The molecule has 1 atom stereocenters. The lowest BCUT2D eigenvalue weighted by Crippen LogP contribution is -2.44. The molecule has 82 valence electrons. The average Bonchev–Trinajstić information content (AvgIpc) is 2.65. The van der Waals surface area contributed by atoms with Crippen LogP contribution in [0.2, 0.25) is 0 Å². The van der Waals surface area contributed by atoms with Crippen molar-refractivity contribution in [3.8, 4) is 0 Å². The fourth-order valence-corrected chi connectivity index (χ4v) is 1.04. The molecule has 1 rings (SSSR count). The minimum atomic E-state index is -1.07. The number of aromatic amines is 1. The van der Waals surface area contributed by atoms with Crippen molar-refractivity contribution in [2.75, 3.05) is 0 Å². The van der Waals surface area contributed by atoms with Crippen LogP contribution in [0.1, 0.15) is 24.5 Å². The topological polar surface area (TPSA) is 108 Å².